The maximum Gasteiger partial charge on any atom is 0.269 e. The number of nitro benzene ring substituents is 1. The summed E-state index contributed by atoms with van der Waals surface area (Å²) in [5.41, 5.74) is 1.53. The lowest BCUT2D eigenvalue weighted by atomic mass is 10.1. The number of benzene rings is 2. The zero-order valence-electron chi connectivity index (χ0n) is 16.1. The number of carbonyl (C=O) groups excluding carboxylic acids is 1. The standard InChI is InChI=1S/C20H25N3O5/c1-27-18-9-4-15(14-19(18)28-2)10-13-21-11-3-12-22-20(24)16-5-7-17(8-6-16)23(25)26/h4-9,14,21H,3,10-13H2,1-2H3,(H,22,24). The van der Waals surface area contributed by atoms with Crippen molar-refractivity contribution in [2.45, 2.75) is 12.8 Å². The summed E-state index contributed by atoms with van der Waals surface area (Å²) in [6, 6.07) is 11.4. The molecule has 2 rings (SSSR count). The summed E-state index contributed by atoms with van der Waals surface area (Å²) >= 11 is 0. The normalized spacial score (nSPS) is 10.4. The van der Waals surface area contributed by atoms with Crippen molar-refractivity contribution in [1.82, 2.24) is 10.6 Å². The average molecular weight is 387 g/mol. The van der Waals surface area contributed by atoms with Gasteiger partial charge in [-0.25, -0.2) is 0 Å². The third-order valence-corrected chi connectivity index (χ3v) is 4.19. The van der Waals surface area contributed by atoms with Crippen molar-refractivity contribution >= 4 is 11.6 Å². The third kappa shape index (κ3) is 6.24. The Morgan fingerprint density at radius 2 is 1.71 bits per heavy atom. The summed E-state index contributed by atoms with van der Waals surface area (Å²) < 4.78 is 10.5. The molecule has 2 aromatic rings. The molecule has 0 aliphatic heterocycles. The molecule has 0 bridgehead atoms. The molecule has 0 radical (unpaired) electrons. The number of carbonyl (C=O) groups is 1. The lowest BCUT2D eigenvalue weighted by Gasteiger charge is -2.10. The van der Waals surface area contributed by atoms with Crippen LogP contribution in [0, 0.1) is 10.1 Å². The lowest BCUT2D eigenvalue weighted by molar-refractivity contribution is -0.384. The first kappa shape index (κ1) is 21.2. The summed E-state index contributed by atoms with van der Waals surface area (Å²) in [5.74, 6) is 1.19. The molecule has 0 aliphatic carbocycles. The van der Waals surface area contributed by atoms with E-state index in [1.165, 1.54) is 24.3 Å². The van der Waals surface area contributed by atoms with Crippen LogP contribution in [0.15, 0.2) is 42.5 Å². The number of hydrogen-bond acceptors (Lipinski definition) is 6. The molecule has 2 aromatic carbocycles. The molecule has 150 valence electrons. The van der Waals surface area contributed by atoms with Gasteiger partial charge in [-0.1, -0.05) is 6.07 Å². The van der Waals surface area contributed by atoms with Crippen LogP contribution in [-0.4, -0.2) is 44.7 Å². The summed E-state index contributed by atoms with van der Waals surface area (Å²) in [5, 5.41) is 16.8. The van der Waals surface area contributed by atoms with Gasteiger partial charge in [0.1, 0.15) is 0 Å². The Kier molecular flexibility index (Phi) is 8.23. The average Bonchev–Trinajstić information content (AvgIpc) is 2.72. The number of nitrogens with one attached hydrogen (secondary N) is 2. The molecule has 0 spiro atoms. The number of nitro groups is 1. The van der Waals surface area contributed by atoms with Gasteiger partial charge in [-0.3, -0.25) is 14.9 Å². The first-order valence-corrected chi connectivity index (χ1v) is 8.99. The van der Waals surface area contributed by atoms with Gasteiger partial charge in [-0.2, -0.15) is 0 Å². The molecular weight excluding hydrogens is 362 g/mol. The van der Waals surface area contributed by atoms with Gasteiger partial charge in [0.15, 0.2) is 11.5 Å². The number of ether oxygens (including phenoxy) is 2. The van der Waals surface area contributed by atoms with Crippen molar-refractivity contribution < 1.29 is 19.2 Å². The second-order valence-electron chi connectivity index (χ2n) is 6.10. The second kappa shape index (κ2) is 10.9. The van der Waals surface area contributed by atoms with E-state index >= 15 is 0 Å². The zero-order chi connectivity index (χ0) is 20.4. The molecule has 28 heavy (non-hydrogen) atoms. The number of non-ortho nitro benzene ring substituents is 1. The minimum atomic E-state index is -0.491. The SMILES string of the molecule is COc1ccc(CCNCCCNC(=O)c2ccc([N+](=O)[O-])cc2)cc1OC. The number of amides is 1. The Hall–Kier alpha value is -3.13. The summed E-state index contributed by atoms with van der Waals surface area (Å²) in [4.78, 5) is 22.1. The molecule has 0 unspecified atom stereocenters. The zero-order valence-corrected chi connectivity index (χ0v) is 16.1. The van der Waals surface area contributed by atoms with Gasteiger partial charge in [-0.05, 0) is 55.8 Å². The number of methoxy groups -OCH3 is 2. The molecular formula is C20H25N3O5. The van der Waals surface area contributed by atoms with Gasteiger partial charge in [0.25, 0.3) is 11.6 Å². The number of hydrogen-bond donors (Lipinski definition) is 2. The van der Waals surface area contributed by atoms with Crippen molar-refractivity contribution in [3.63, 3.8) is 0 Å². The minimum absolute atomic E-state index is 0.0322. The largest absolute Gasteiger partial charge is 0.493 e. The van der Waals surface area contributed by atoms with Gasteiger partial charge >= 0.3 is 0 Å². The predicted octanol–water partition coefficient (Wildman–Crippen LogP) is 2.56. The molecule has 8 heteroatoms. The Bertz CT molecular complexity index is 793. The highest BCUT2D eigenvalue weighted by Crippen LogP contribution is 2.27. The van der Waals surface area contributed by atoms with E-state index in [1.807, 2.05) is 18.2 Å². The van der Waals surface area contributed by atoms with E-state index in [0.717, 1.165) is 31.5 Å². The van der Waals surface area contributed by atoms with Crippen molar-refractivity contribution in [2.24, 2.45) is 0 Å². The van der Waals surface area contributed by atoms with Gasteiger partial charge in [0.2, 0.25) is 0 Å². The quantitative estimate of drug-likeness (QED) is 0.349. The number of nitrogens with zero attached hydrogens (tertiary/aromatic N) is 1. The molecule has 0 atom stereocenters. The molecule has 0 fully saturated rings. The van der Waals surface area contributed by atoms with E-state index < -0.39 is 4.92 Å². The first-order valence-electron chi connectivity index (χ1n) is 8.99. The fraction of sp³-hybridized carbons (Fsp3) is 0.350. The Balaban J connectivity index is 1.63. The fourth-order valence-electron chi connectivity index (χ4n) is 2.65. The van der Waals surface area contributed by atoms with Crippen LogP contribution in [0.1, 0.15) is 22.3 Å². The van der Waals surface area contributed by atoms with Crippen LogP contribution in [0.3, 0.4) is 0 Å². The Morgan fingerprint density at radius 3 is 2.36 bits per heavy atom. The summed E-state index contributed by atoms with van der Waals surface area (Å²) in [6.07, 6.45) is 1.64. The molecule has 0 saturated carbocycles. The molecule has 0 heterocycles. The van der Waals surface area contributed by atoms with Crippen molar-refractivity contribution in [1.29, 1.82) is 0 Å². The highest BCUT2D eigenvalue weighted by molar-refractivity contribution is 5.94. The van der Waals surface area contributed by atoms with Crippen LogP contribution in [0.4, 0.5) is 5.69 Å². The third-order valence-electron chi connectivity index (χ3n) is 4.19. The second-order valence-corrected chi connectivity index (χ2v) is 6.10. The van der Waals surface area contributed by atoms with E-state index in [0.29, 0.717) is 23.6 Å². The maximum atomic E-state index is 12.0. The monoisotopic (exact) mass is 387 g/mol. The maximum absolute atomic E-state index is 12.0. The minimum Gasteiger partial charge on any atom is -0.493 e. The van der Waals surface area contributed by atoms with E-state index in [9.17, 15) is 14.9 Å². The number of rotatable bonds is 11. The van der Waals surface area contributed by atoms with Gasteiger partial charge in [0, 0.05) is 24.2 Å². The van der Waals surface area contributed by atoms with Gasteiger partial charge in [-0.15, -0.1) is 0 Å². The highest BCUT2D eigenvalue weighted by atomic mass is 16.6. The Morgan fingerprint density at radius 1 is 1.00 bits per heavy atom. The van der Waals surface area contributed by atoms with Crippen LogP contribution in [-0.2, 0) is 6.42 Å². The topological polar surface area (TPSA) is 103 Å². The van der Waals surface area contributed by atoms with Crippen molar-refractivity contribution in [3.8, 4) is 11.5 Å². The van der Waals surface area contributed by atoms with Crippen LogP contribution >= 0.6 is 0 Å². The molecule has 0 aromatic heterocycles. The van der Waals surface area contributed by atoms with Crippen LogP contribution in [0.5, 0.6) is 11.5 Å². The van der Waals surface area contributed by atoms with Crippen molar-refractivity contribution in [2.75, 3.05) is 33.9 Å². The van der Waals surface area contributed by atoms with E-state index in [2.05, 4.69) is 10.6 Å². The van der Waals surface area contributed by atoms with E-state index in [4.69, 9.17) is 9.47 Å². The van der Waals surface area contributed by atoms with Crippen LogP contribution in [0.2, 0.25) is 0 Å². The lowest BCUT2D eigenvalue weighted by Crippen LogP contribution is -2.28. The van der Waals surface area contributed by atoms with E-state index in [1.54, 1.807) is 14.2 Å². The fourth-order valence-corrected chi connectivity index (χ4v) is 2.65. The molecule has 2 N–H and O–H groups in total. The van der Waals surface area contributed by atoms with Gasteiger partial charge in [0.05, 0.1) is 19.1 Å². The molecule has 0 aliphatic rings. The van der Waals surface area contributed by atoms with Gasteiger partial charge < -0.3 is 20.1 Å². The van der Waals surface area contributed by atoms with Crippen LogP contribution < -0.4 is 20.1 Å². The molecule has 0 saturated heterocycles. The molecule has 1 amide bonds. The Labute approximate surface area is 164 Å². The highest BCUT2D eigenvalue weighted by Gasteiger charge is 2.09. The smallest absolute Gasteiger partial charge is 0.269 e. The van der Waals surface area contributed by atoms with Crippen LogP contribution in [0.25, 0.3) is 0 Å². The summed E-state index contributed by atoms with van der Waals surface area (Å²) in [7, 11) is 3.23. The summed E-state index contributed by atoms with van der Waals surface area (Å²) in [6.45, 7) is 2.11. The van der Waals surface area contributed by atoms with Crippen molar-refractivity contribution in [3.05, 3.63) is 63.7 Å². The molecule has 8 nitrogen and oxygen atoms in total. The van der Waals surface area contributed by atoms with E-state index in [-0.39, 0.29) is 11.6 Å². The first-order chi connectivity index (χ1) is 13.5. The predicted molar refractivity (Wildman–Crippen MR) is 106 cm³/mol.